The number of hydrogen-bond acceptors (Lipinski definition) is 2. The Bertz CT molecular complexity index is 593. The second kappa shape index (κ2) is 3.05. The molecule has 2 fully saturated rings. The number of ether oxygens (including phenoxy) is 1. The molecule has 0 aromatic heterocycles. The summed E-state index contributed by atoms with van der Waals surface area (Å²) in [5.74, 6) is 1.64. The molecule has 4 unspecified atom stereocenters. The second-order valence-corrected chi connectivity index (χ2v) is 7.21. The fourth-order valence-corrected chi connectivity index (χ4v) is 5.28. The van der Waals surface area contributed by atoms with Gasteiger partial charge in [0.2, 0.25) is 0 Å². The van der Waals surface area contributed by atoms with Gasteiger partial charge in [-0.1, -0.05) is 13.8 Å². The molecule has 100 valence electrons. The van der Waals surface area contributed by atoms with Gasteiger partial charge in [0.25, 0.3) is 0 Å². The molecule has 2 bridgehead atoms. The molecule has 0 saturated heterocycles. The highest BCUT2D eigenvalue weighted by molar-refractivity contribution is 5.76. The van der Waals surface area contributed by atoms with Gasteiger partial charge in [0, 0.05) is 16.5 Å². The monoisotopic (exact) mass is 256 g/mol. The summed E-state index contributed by atoms with van der Waals surface area (Å²) in [6.07, 6.45) is 4.74. The first kappa shape index (κ1) is 11.5. The van der Waals surface area contributed by atoms with Gasteiger partial charge in [-0.15, -0.1) is 0 Å². The summed E-state index contributed by atoms with van der Waals surface area (Å²) in [5.41, 5.74) is 2.27. The molecule has 4 rings (SSSR count). The average Bonchev–Trinajstić information content (AvgIpc) is 2.95. The van der Waals surface area contributed by atoms with Crippen LogP contribution in [0.1, 0.15) is 56.0 Å². The molecule has 0 spiro atoms. The summed E-state index contributed by atoms with van der Waals surface area (Å²) in [6, 6.07) is 5.90. The molecule has 1 aliphatic heterocycles. The third-order valence-corrected chi connectivity index (χ3v) is 6.72. The molecule has 2 saturated carbocycles. The van der Waals surface area contributed by atoms with Gasteiger partial charge >= 0.3 is 0 Å². The maximum Gasteiger partial charge on any atom is 0.150 e. The molecular formula is C17H20O2. The fourth-order valence-electron chi connectivity index (χ4n) is 5.28. The Labute approximate surface area is 114 Å². The van der Waals surface area contributed by atoms with Crippen LogP contribution in [0, 0.1) is 11.3 Å². The smallest absolute Gasteiger partial charge is 0.150 e. The fraction of sp³-hybridized carbons (Fsp3) is 0.588. The lowest BCUT2D eigenvalue weighted by molar-refractivity contribution is -0.0260. The Balaban J connectivity index is 1.99. The number of carbonyl (C=O) groups excluding carboxylic acids is 1. The van der Waals surface area contributed by atoms with Gasteiger partial charge in [0.1, 0.15) is 17.6 Å². The van der Waals surface area contributed by atoms with Crippen molar-refractivity contribution in [3.05, 3.63) is 29.3 Å². The van der Waals surface area contributed by atoms with Gasteiger partial charge in [0.05, 0.1) is 0 Å². The average molecular weight is 256 g/mol. The van der Waals surface area contributed by atoms with Crippen molar-refractivity contribution >= 4 is 6.29 Å². The first-order chi connectivity index (χ1) is 8.94. The largest absolute Gasteiger partial charge is 0.486 e. The summed E-state index contributed by atoms with van der Waals surface area (Å²) >= 11 is 0. The summed E-state index contributed by atoms with van der Waals surface area (Å²) in [5, 5.41) is 0. The van der Waals surface area contributed by atoms with Crippen LogP contribution >= 0.6 is 0 Å². The summed E-state index contributed by atoms with van der Waals surface area (Å²) in [6.45, 7) is 7.04. The van der Waals surface area contributed by atoms with Gasteiger partial charge in [-0.2, -0.15) is 0 Å². The first-order valence-electron chi connectivity index (χ1n) is 7.23. The lowest BCUT2D eigenvalue weighted by atomic mass is 9.56. The van der Waals surface area contributed by atoms with Crippen LogP contribution < -0.4 is 4.74 Å². The van der Waals surface area contributed by atoms with Gasteiger partial charge in [-0.25, -0.2) is 0 Å². The van der Waals surface area contributed by atoms with Crippen molar-refractivity contribution in [1.29, 1.82) is 0 Å². The van der Waals surface area contributed by atoms with Crippen molar-refractivity contribution < 1.29 is 9.53 Å². The van der Waals surface area contributed by atoms with Crippen LogP contribution in [0.5, 0.6) is 5.75 Å². The topological polar surface area (TPSA) is 26.3 Å². The van der Waals surface area contributed by atoms with Crippen LogP contribution in [0.25, 0.3) is 0 Å². The molecule has 0 radical (unpaired) electrons. The molecule has 4 atom stereocenters. The Hall–Kier alpha value is -1.31. The standard InChI is InChI=1S/C17H20O2/c1-15-7-6-12(9-15)17(3)16(15,2)13-8-11(10-18)4-5-14(13)19-17/h4-5,8,10,12H,6-7,9H2,1-3H3. The van der Waals surface area contributed by atoms with E-state index in [2.05, 4.69) is 26.8 Å². The van der Waals surface area contributed by atoms with Crippen LogP contribution in [0.4, 0.5) is 0 Å². The van der Waals surface area contributed by atoms with E-state index in [-0.39, 0.29) is 11.0 Å². The number of benzene rings is 1. The van der Waals surface area contributed by atoms with Crippen molar-refractivity contribution in [2.24, 2.45) is 11.3 Å². The Morgan fingerprint density at radius 1 is 1.32 bits per heavy atom. The summed E-state index contributed by atoms with van der Waals surface area (Å²) in [4.78, 5) is 11.1. The molecule has 1 aromatic rings. The second-order valence-electron chi connectivity index (χ2n) is 7.21. The molecule has 2 nitrogen and oxygen atoms in total. The van der Waals surface area contributed by atoms with E-state index in [0.717, 1.165) is 17.6 Å². The Morgan fingerprint density at radius 2 is 2.11 bits per heavy atom. The first-order valence-corrected chi connectivity index (χ1v) is 7.23. The molecule has 0 N–H and O–H groups in total. The summed E-state index contributed by atoms with van der Waals surface area (Å²) in [7, 11) is 0. The number of carbonyl (C=O) groups is 1. The minimum absolute atomic E-state index is 0.0390. The molecule has 19 heavy (non-hydrogen) atoms. The Kier molecular flexibility index (Phi) is 1.85. The number of aldehydes is 1. The molecule has 3 aliphatic rings. The molecule has 2 heteroatoms. The highest BCUT2D eigenvalue weighted by atomic mass is 16.5. The predicted molar refractivity (Wildman–Crippen MR) is 73.7 cm³/mol. The van der Waals surface area contributed by atoms with Gasteiger partial charge in [0.15, 0.2) is 0 Å². The van der Waals surface area contributed by atoms with Crippen molar-refractivity contribution in [3.63, 3.8) is 0 Å². The van der Waals surface area contributed by atoms with E-state index in [0.29, 0.717) is 11.3 Å². The molecule has 0 amide bonds. The highest BCUT2D eigenvalue weighted by Gasteiger charge is 2.73. The summed E-state index contributed by atoms with van der Waals surface area (Å²) < 4.78 is 6.40. The number of hydrogen-bond donors (Lipinski definition) is 0. The minimum atomic E-state index is -0.0934. The van der Waals surface area contributed by atoms with Crippen molar-refractivity contribution in [3.8, 4) is 5.75 Å². The highest BCUT2D eigenvalue weighted by Crippen LogP contribution is 2.73. The van der Waals surface area contributed by atoms with E-state index in [4.69, 9.17) is 4.74 Å². The zero-order valence-electron chi connectivity index (χ0n) is 11.8. The van der Waals surface area contributed by atoms with Crippen LogP contribution in [-0.4, -0.2) is 11.9 Å². The Morgan fingerprint density at radius 3 is 2.84 bits per heavy atom. The normalized spacial score (nSPS) is 45.7. The molecule has 1 aromatic carbocycles. The van der Waals surface area contributed by atoms with Crippen molar-refractivity contribution in [1.82, 2.24) is 0 Å². The van der Waals surface area contributed by atoms with E-state index in [1.54, 1.807) is 0 Å². The van der Waals surface area contributed by atoms with Crippen LogP contribution in [0.3, 0.4) is 0 Å². The van der Waals surface area contributed by atoms with E-state index < -0.39 is 0 Å². The third kappa shape index (κ3) is 1.01. The zero-order valence-corrected chi connectivity index (χ0v) is 11.8. The molecule has 2 aliphatic carbocycles. The van der Waals surface area contributed by atoms with E-state index in [1.165, 1.54) is 24.8 Å². The zero-order chi connectivity index (χ0) is 13.5. The van der Waals surface area contributed by atoms with E-state index >= 15 is 0 Å². The predicted octanol–water partition coefficient (Wildman–Crippen LogP) is 3.73. The van der Waals surface area contributed by atoms with Crippen LogP contribution in [0.2, 0.25) is 0 Å². The molecular weight excluding hydrogens is 236 g/mol. The van der Waals surface area contributed by atoms with Gasteiger partial charge in [-0.3, -0.25) is 4.79 Å². The van der Waals surface area contributed by atoms with Crippen LogP contribution in [-0.2, 0) is 5.41 Å². The minimum Gasteiger partial charge on any atom is -0.486 e. The lowest BCUT2D eigenvalue weighted by Gasteiger charge is -2.48. The van der Waals surface area contributed by atoms with Crippen molar-refractivity contribution in [2.45, 2.75) is 51.0 Å². The van der Waals surface area contributed by atoms with E-state index in [1.807, 2.05) is 12.1 Å². The van der Waals surface area contributed by atoms with Gasteiger partial charge in [-0.05, 0) is 55.7 Å². The maximum atomic E-state index is 11.1. The van der Waals surface area contributed by atoms with E-state index in [9.17, 15) is 4.79 Å². The van der Waals surface area contributed by atoms with Crippen molar-refractivity contribution in [2.75, 3.05) is 0 Å². The molecule has 1 heterocycles. The SMILES string of the molecule is CC12CCC(C1)C1(C)Oc3ccc(C=O)cc3C21C. The van der Waals surface area contributed by atoms with Gasteiger partial charge < -0.3 is 4.74 Å². The third-order valence-electron chi connectivity index (χ3n) is 6.72. The number of fused-ring (bicyclic) bond motifs is 7. The van der Waals surface area contributed by atoms with Crippen LogP contribution in [0.15, 0.2) is 18.2 Å². The maximum absolute atomic E-state index is 11.1. The quantitative estimate of drug-likeness (QED) is 0.716. The lowest BCUT2D eigenvalue weighted by Crippen LogP contribution is -2.54. The number of rotatable bonds is 1.